The van der Waals surface area contributed by atoms with Crippen LogP contribution in [0.3, 0.4) is 0 Å². The molecule has 0 aliphatic rings. The van der Waals surface area contributed by atoms with E-state index < -0.39 is 12.0 Å². The number of hydrogen-bond donors (Lipinski definition) is 2. The van der Waals surface area contributed by atoms with Crippen molar-refractivity contribution < 1.29 is 19.4 Å². The Balaban J connectivity index is 2.21. The van der Waals surface area contributed by atoms with Gasteiger partial charge in [0.05, 0.1) is 7.11 Å². The molecule has 0 fully saturated rings. The molecule has 0 heterocycles. The van der Waals surface area contributed by atoms with Gasteiger partial charge in [-0.2, -0.15) is 0 Å². The number of carbonyl (C=O) groups is 2. The van der Waals surface area contributed by atoms with E-state index in [0.29, 0.717) is 17.7 Å². The lowest BCUT2D eigenvalue weighted by atomic mass is 10.0. The fraction of sp³-hybridized carbons (Fsp3) is 0.167. The Bertz CT molecular complexity index is 911. The van der Waals surface area contributed by atoms with Crippen molar-refractivity contribution >= 4 is 17.4 Å². The molecule has 5 heteroatoms. The largest absolute Gasteiger partial charge is 0.508 e. The van der Waals surface area contributed by atoms with Gasteiger partial charge in [0.15, 0.2) is 5.78 Å². The molecule has 1 atom stereocenters. The number of allylic oxidation sites excluding steroid dienone is 6. The molecule has 1 unspecified atom stereocenters. The maximum Gasteiger partial charge on any atom is 0.328 e. The predicted octanol–water partition coefficient (Wildman–Crippen LogP) is 4.46. The van der Waals surface area contributed by atoms with Gasteiger partial charge in [-0.3, -0.25) is 4.79 Å². The Labute approximate surface area is 171 Å². The topological polar surface area (TPSA) is 75.6 Å². The fourth-order valence-corrected chi connectivity index (χ4v) is 2.69. The van der Waals surface area contributed by atoms with Gasteiger partial charge in [0.1, 0.15) is 11.8 Å². The first-order valence-corrected chi connectivity index (χ1v) is 9.26. The highest BCUT2D eigenvalue weighted by molar-refractivity contribution is 6.08. The third-order valence-corrected chi connectivity index (χ3v) is 4.16. The molecule has 0 spiro atoms. The van der Waals surface area contributed by atoms with Crippen LogP contribution in [0, 0.1) is 0 Å². The highest BCUT2D eigenvalue weighted by Crippen LogP contribution is 2.20. The van der Waals surface area contributed by atoms with Crippen LogP contribution >= 0.6 is 0 Å². The molecule has 0 aliphatic carbocycles. The Kier molecular flexibility index (Phi) is 8.45. The summed E-state index contributed by atoms with van der Waals surface area (Å²) in [6.07, 6.45) is 10.9. The van der Waals surface area contributed by atoms with Crippen molar-refractivity contribution in [3.05, 3.63) is 96.1 Å². The predicted molar refractivity (Wildman–Crippen MR) is 115 cm³/mol. The van der Waals surface area contributed by atoms with Crippen molar-refractivity contribution in [2.45, 2.75) is 19.4 Å². The number of ether oxygens (including phenoxy) is 1. The molecule has 0 bridgehead atoms. The SMILES string of the molecule is C\C=C/C=C\C=C\C(=O)c1ccccc1NC(Cc1ccc(O)cc1)C(=O)OC. The summed E-state index contributed by atoms with van der Waals surface area (Å²) in [6, 6.07) is 13.0. The highest BCUT2D eigenvalue weighted by atomic mass is 16.5. The van der Waals surface area contributed by atoms with Gasteiger partial charge >= 0.3 is 5.97 Å². The van der Waals surface area contributed by atoms with Crippen LogP contribution in [0.25, 0.3) is 0 Å². The van der Waals surface area contributed by atoms with Crippen LogP contribution < -0.4 is 5.32 Å². The number of aromatic hydroxyl groups is 1. The van der Waals surface area contributed by atoms with Crippen LogP contribution in [0.4, 0.5) is 5.69 Å². The number of hydrogen-bond acceptors (Lipinski definition) is 5. The zero-order valence-corrected chi connectivity index (χ0v) is 16.5. The number of anilines is 1. The van der Waals surface area contributed by atoms with Gasteiger partial charge in [-0.25, -0.2) is 4.79 Å². The second-order valence-corrected chi connectivity index (χ2v) is 6.27. The van der Waals surface area contributed by atoms with Crippen molar-refractivity contribution in [3.8, 4) is 5.75 Å². The second-order valence-electron chi connectivity index (χ2n) is 6.27. The molecule has 2 rings (SSSR count). The summed E-state index contributed by atoms with van der Waals surface area (Å²) in [5.41, 5.74) is 1.86. The summed E-state index contributed by atoms with van der Waals surface area (Å²) in [6.45, 7) is 1.91. The van der Waals surface area contributed by atoms with E-state index in [-0.39, 0.29) is 11.5 Å². The average Bonchev–Trinajstić information content (AvgIpc) is 2.74. The van der Waals surface area contributed by atoms with E-state index in [4.69, 9.17) is 4.74 Å². The zero-order valence-electron chi connectivity index (χ0n) is 16.5. The molecule has 0 saturated carbocycles. The number of ketones is 1. The number of benzene rings is 2. The van der Waals surface area contributed by atoms with Crippen molar-refractivity contribution in [3.63, 3.8) is 0 Å². The Morgan fingerprint density at radius 2 is 1.72 bits per heavy atom. The molecular weight excluding hydrogens is 366 g/mol. The average molecular weight is 391 g/mol. The summed E-state index contributed by atoms with van der Waals surface area (Å²) in [4.78, 5) is 24.9. The lowest BCUT2D eigenvalue weighted by Gasteiger charge is -2.19. The van der Waals surface area contributed by atoms with E-state index in [0.717, 1.165) is 5.56 Å². The molecule has 2 aromatic rings. The van der Waals surface area contributed by atoms with Crippen molar-refractivity contribution in [2.75, 3.05) is 12.4 Å². The maximum atomic E-state index is 12.6. The quantitative estimate of drug-likeness (QED) is 0.286. The number of methoxy groups -OCH3 is 1. The third kappa shape index (κ3) is 6.81. The van der Waals surface area contributed by atoms with Gasteiger partial charge in [-0.15, -0.1) is 0 Å². The summed E-state index contributed by atoms with van der Waals surface area (Å²) in [5, 5.41) is 12.6. The molecule has 0 aromatic heterocycles. The number of para-hydroxylation sites is 1. The Morgan fingerprint density at radius 1 is 1.03 bits per heavy atom. The minimum absolute atomic E-state index is 0.155. The van der Waals surface area contributed by atoms with E-state index >= 15 is 0 Å². The number of phenols is 1. The smallest absolute Gasteiger partial charge is 0.328 e. The minimum atomic E-state index is -0.683. The molecular formula is C24H25NO4. The van der Waals surface area contributed by atoms with E-state index in [1.165, 1.54) is 13.2 Å². The van der Waals surface area contributed by atoms with E-state index in [1.54, 1.807) is 60.7 Å². The minimum Gasteiger partial charge on any atom is -0.508 e. The molecule has 2 N–H and O–H groups in total. The van der Waals surface area contributed by atoms with Crippen LogP contribution in [-0.2, 0) is 16.0 Å². The van der Waals surface area contributed by atoms with E-state index in [9.17, 15) is 14.7 Å². The van der Waals surface area contributed by atoms with Crippen molar-refractivity contribution in [1.29, 1.82) is 0 Å². The lowest BCUT2D eigenvalue weighted by Crippen LogP contribution is -2.33. The van der Waals surface area contributed by atoms with Gasteiger partial charge in [0.25, 0.3) is 0 Å². The highest BCUT2D eigenvalue weighted by Gasteiger charge is 2.21. The van der Waals surface area contributed by atoms with Crippen LogP contribution in [0.1, 0.15) is 22.8 Å². The van der Waals surface area contributed by atoms with E-state index in [1.807, 2.05) is 25.2 Å². The van der Waals surface area contributed by atoms with E-state index in [2.05, 4.69) is 5.32 Å². The second kappa shape index (κ2) is 11.3. The molecule has 0 amide bonds. The first-order chi connectivity index (χ1) is 14.0. The monoisotopic (exact) mass is 391 g/mol. The van der Waals surface area contributed by atoms with Crippen molar-refractivity contribution in [2.24, 2.45) is 0 Å². The van der Waals surface area contributed by atoms with Gasteiger partial charge in [0, 0.05) is 17.7 Å². The normalized spacial score (nSPS) is 12.5. The fourth-order valence-electron chi connectivity index (χ4n) is 2.69. The van der Waals surface area contributed by atoms with Gasteiger partial charge in [-0.05, 0) is 42.8 Å². The first-order valence-electron chi connectivity index (χ1n) is 9.26. The molecule has 29 heavy (non-hydrogen) atoms. The van der Waals surface area contributed by atoms with Crippen molar-refractivity contribution in [1.82, 2.24) is 0 Å². The van der Waals surface area contributed by atoms with Crippen LogP contribution in [0.15, 0.2) is 85.0 Å². The molecule has 0 aliphatic heterocycles. The summed E-state index contributed by atoms with van der Waals surface area (Å²) in [7, 11) is 1.32. The van der Waals surface area contributed by atoms with Crippen LogP contribution in [0.2, 0.25) is 0 Å². The summed E-state index contributed by atoms with van der Waals surface area (Å²) in [5.74, 6) is -0.459. The Hall–Kier alpha value is -3.60. The van der Waals surface area contributed by atoms with Crippen LogP contribution in [-0.4, -0.2) is 30.0 Å². The molecule has 0 saturated heterocycles. The standard InChI is InChI=1S/C24H25NO4/c1-3-4-5-6-7-12-23(27)20-10-8-9-11-21(20)25-22(24(28)29-2)17-18-13-15-19(26)16-14-18/h3-16,22,25-26H,17H2,1-2H3/b4-3-,6-5-,12-7+. The Morgan fingerprint density at radius 3 is 2.41 bits per heavy atom. The number of carbonyl (C=O) groups excluding carboxylic acids is 2. The van der Waals surface area contributed by atoms with Gasteiger partial charge in [0.2, 0.25) is 0 Å². The van der Waals surface area contributed by atoms with Gasteiger partial charge < -0.3 is 15.2 Å². The lowest BCUT2D eigenvalue weighted by molar-refractivity contribution is -0.141. The molecule has 2 aromatic carbocycles. The number of nitrogens with one attached hydrogen (secondary N) is 1. The number of phenolic OH excluding ortho intramolecular Hbond substituents is 1. The number of rotatable bonds is 9. The third-order valence-electron chi connectivity index (χ3n) is 4.16. The molecule has 150 valence electrons. The van der Waals surface area contributed by atoms with Crippen LogP contribution in [0.5, 0.6) is 5.75 Å². The zero-order chi connectivity index (χ0) is 21.1. The van der Waals surface area contributed by atoms with Gasteiger partial charge in [-0.1, -0.05) is 54.6 Å². The molecule has 5 nitrogen and oxygen atoms in total. The maximum absolute atomic E-state index is 12.6. The molecule has 0 radical (unpaired) electrons. The summed E-state index contributed by atoms with van der Waals surface area (Å²) < 4.78 is 4.92. The first kappa shape index (κ1) is 21.7. The number of esters is 1. The summed E-state index contributed by atoms with van der Waals surface area (Å²) >= 11 is 0.